The van der Waals surface area contributed by atoms with E-state index in [1.54, 1.807) is 13.1 Å². The predicted molar refractivity (Wildman–Crippen MR) is 77.9 cm³/mol. The van der Waals surface area contributed by atoms with Crippen LogP contribution in [0, 0.1) is 5.82 Å². The van der Waals surface area contributed by atoms with Crippen molar-refractivity contribution in [2.75, 3.05) is 24.3 Å². The van der Waals surface area contributed by atoms with Crippen LogP contribution in [-0.2, 0) is 0 Å². The van der Waals surface area contributed by atoms with Crippen molar-refractivity contribution in [3.63, 3.8) is 0 Å². The van der Waals surface area contributed by atoms with Gasteiger partial charge in [0.1, 0.15) is 5.82 Å². The standard InChI is InChI=1S/C12H13BrFN5O/c1-3-20-12-18-10(15-2)17-11(19-12)16-9-5-4-7(14)6-8(9)13/h4-6H,3H2,1-2H3,(H2,15,16,17,18,19). The second kappa shape index (κ2) is 6.47. The highest BCUT2D eigenvalue weighted by atomic mass is 79.9. The summed E-state index contributed by atoms with van der Waals surface area (Å²) in [4.78, 5) is 12.3. The third-order valence-electron chi connectivity index (χ3n) is 2.29. The van der Waals surface area contributed by atoms with Crippen LogP contribution in [0.2, 0.25) is 0 Å². The zero-order valence-electron chi connectivity index (χ0n) is 10.9. The van der Waals surface area contributed by atoms with Crippen LogP contribution in [0.4, 0.5) is 22.0 Å². The lowest BCUT2D eigenvalue weighted by atomic mass is 10.3. The van der Waals surface area contributed by atoms with Gasteiger partial charge in [0.05, 0.1) is 12.3 Å². The number of nitrogens with zero attached hydrogens (tertiary/aromatic N) is 3. The highest BCUT2D eigenvalue weighted by Gasteiger charge is 2.08. The summed E-state index contributed by atoms with van der Waals surface area (Å²) in [5, 5.41) is 5.80. The molecule has 1 aromatic carbocycles. The Morgan fingerprint density at radius 2 is 2.00 bits per heavy atom. The number of hydrogen-bond donors (Lipinski definition) is 2. The van der Waals surface area contributed by atoms with Gasteiger partial charge in [-0.2, -0.15) is 15.0 Å². The summed E-state index contributed by atoms with van der Waals surface area (Å²) in [5.74, 6) is 0.355. The number of rotatable bonds is 5. The molecular weight excluding hydrogens is 329 g/mol. The summed E-state index contributed by atoms with van der Waals surface area (Å²) >= 11 is 3.27. The summed E-state index contributed by atoms with van der Waals surface area (Å²) in [6.45, 7) is 2.29. The summed E-state index contributed by atoms with van der Waals surface area (Å²) in [7, 11) is 1.70. The molecular formula is C12H13BrFN5O. The minimum absolute atomic E-state index is 0.215. The molecule has 0 saturated heterocycles. The van der Waals surface area contributed by atoms with Crippen molar-refractivity contribution in [2.45, 2.75) is 6.92 Å². The first-order valence-electron chi connectivity index (χ1n) is 5.91. The lowest BCUT2D eigenvalue weighted by Gasteiger charge is -2.09. The quantitative estimate of drug-likeness (QED) is 0.871. The van der Waals surface area contributed by atoms with Crippen molar-refractivity contribution < 1.29 is 9.13 Å². The van der Waals surface area contributed by atoms with Crippen molar-refractivity contribution in [3.05, 3.63) is 28.5 Å². The molecule has 2 rings (SSSR count). The van der Waals surface area contributed by atoms with Gasteiger partial charge in [0.25, 0.3) is 0 Å². The summed E-state index contributed by atoms with van der Waals surface area (Å²) in [6, 6.07) is 4.50. The molecule has 8 heteroatoms. The first-order valence-corrected chi connectivity index (χ1v) is 6.70. The van der Waals surface area contributed by atoms with Gasteiger partial charge in [0.2, 0.25) is 11.9 Å². The van der Waals surface area contributed by atoms with Crippen LogP contribution in [0.25, 0.3) is 0 Å². The molecule has 0 spiro atoms. The van der Waals surface area contributed by atoms with E-state index >= 15 is 0 Å². The third kappa shape index (κ3) is 3.53. The van der Waals surface area contributed by atoms with Gasteiger partial charge in [0.15, 0.2) is 0 Å². The molecule has 1 heterocycles. The molecule has 0 amide bonds. The molecule has 1 aromatic heterocycles. The smallest absolute Gasteiger partial charge is 0.323 e. The SMILES string of the molecule is CCOc1nc(NC)nc(Nc2ccc(F)cc2Br)n1. The molecule has 2 aromatic rings. The van der Waals surface area contributed by atoms with Crippen molar-refractivity contribution >= 4 is 33.5 Å². The number of ether oxygens (including phenoxy) is 1. The molecule has 2 N–H and O–H groups in total. The van der Waals surface area contributed by atoms with Crippen molar-refractivity contribution in [1.29, 1.82) is 0 Å². The molecule has 106 valence electrons. The Bertz CT molecular complexity index is 610. The van der Waals surface area contributed by atoms with E-state index in [0.29, 0.717) is 28.7 Å². The van der Waals surface area contributed by atoms with E-state index in [4.69, 9.17) is 4.74 Å². The molecule has 0 unspecified atom stereocenters. The molecule has 0 atom stereocenters. The second-order valence-electron chi connectivity index (χ2n) is 3.70. The van der Waals surface area contributed by atoms with E-state index in [1.807, 2.05) is 6.92 Å². The van der Waals surface area contributed by atoms with Gasteiger partial charge in [-0.05, 0) is 41.1 Å². The van der Waals surface area contributed by atoms with Gasteiger partial charge in [-0.25, -0.2) is 4.39 Å². The minimum Gasteiger partial charge on any atom is -0.464 e. The van der Waals surface area contributed by atoms with Gasteiger partial charge in [-0.3, -0.25) is 0 Å². The molecule has 0 fully saturated rings. The first kappa shape index (κ1) is 14.4. The molecule has 0 aliphatic carbocycles. The van der Waals surface area contributed by atoms with E-state index in [1.165, 1.54) is 12.1 Å². The average Bonchev–Trinajstić information content (AvgIpc) is 2.42. The van der Waals surface area contributed by atoms with Gasteiger partial charge >= 0.3 is 6.01 Å². The van der Waals surface area contributed by atoms with Gasteiger partial charge in [0, 0.05) is 11.5 Å². The van der Waals surface area contributed by atoms with Crippen LogP contribution in [0.5, 0.6) is 6.01 Å². The molecule has 20 heavy (non-hydrogen) atoms. The van der Waals surface area contributed by atoms with Crippen LogP contribution in [0.15, 0.2) is 22.7 Å². The highest BCUT2D eigenvalue weighted by Crippen LogP contribution is 2.26. The Balaban J connectivity index is 2.29. The number of halogens is 2. The largest absolute Gasteiger partial charge is 0.464 e. The van der Waals surface area contributed by atoms with Gasteiger partial charge in [-0.1, -0.05) is 0 Å². The molecule has 6 nitrogen and oxygen atoms in total. The Labute approximate surface area is 123 Å². The number of benzene rings is 1. The number of hydrogen-bond acceptors (Lipinski definition) is 6. The zero-order valence-corrected chi connectivity index (χ0v) is 12.5. The Morgan fingerprint density at radius 3 is 2.65 bits per heavy atom. The maximum absolute atomic E-state index is 13.0. The van der Waals surface area contributed by atoms with Crippen LogP contribution >= 0.6 is 15.9 Å². The topological polar surface area (TPSA) is 72.0 Å². The van der Waals surface area contributed by atoms with E-state index in [2.05, 4.69) is 41.5 Å². The fraction of sp³-hybridized carbons (Fsp3) is 0.250. The van der Waals surface area contributed by atoms with Crippen molar-refractivity contribution in [1.82, 2.24) is 15.0 Å². The fourth-order valence-electron chi connectivity index (χ4n) is 1.43. The van der Waals surface area contributed by atoms with E-state index in [9.17, 15) is 4.39 Å². The molecule has 0 aliphatic heterocycles. The predicted octanol–water partition coefficient (Wildman–Crippen LogP) is 2.96. The second-order valence-corrected chi connectivity index (χ2v) is 4.55. The summed E-state index contributed by atoms with van der Waals surface area (Å²) in [6.07, 6.45) is 0. The lowest BCUT2D eigenvalue weighted by molar-refractivity contribution is 0.312. The number of aromatic nitrogens is 3. The van der Waals surface area contributed by atoms with Crippen LogP contribution < -0.4 is 15.4 Å². The van der Waals surface area contributed by atoms with E-state index in [-0.39, 0.29) is 11.8 Å². The fourth-order valence-corrected chi connectivity index (χ4v) is 1.88. The zero-order chi connectivity index (χ0) is 14.5. The van der Waals surface area contributed by atoms with Crippen LogP contribution in [0.3, 0.4) is 0 Å². The maximum atomic E-state index is 13.0. The maximum Gasteiger partial charge on any atom is 0.323 e. The molecule has 0 saturated carbocycles. The molecule has 0 aliphatic rings. The van der Waals surface area contributed by atoms with Gasteiger partial charge < -0.3 is 15.4 Å². The molecule has 0 bridgehead atoms. The Hall–Kier alpha value is -1.96. The van der Waals surface area contributed by atoms with Crippen molar-refractivity contribution in [2.24, 2.45) is 0 Å². The summed E-state index contributed by atoms with van der Waals surface area (Å²) in [5.41, 5.74) is 0.641. The third-order valence-corrected chi connectivity index (χ3v) is 2.95. The molecule has 0 radical (unpaired) electrons. The Kier molecular flexibility index (Phi) is 4.67. The first-order chi connectivity index (χ1) is 9.62. The highest BCUT2D eigenvalue weighted by molar-refractivity contribution is 9.10. The average molecular weight is 342 g/mol. The normalized spacial score (nSPS) is 10.2. The van der Waals surface area contributed by atoms with Gasteiger partial charge in [-0.15, -0.1) is 0 Å². The van der Waals surface area contributed by atoms with E-state index in [0.717, 1.165) is 0 Å². The monoisotopic (exact) mass is 341 g/mol. The lowest BCUT2D eigenvalue weighted by Crippen LogP contribution is -2.07. The Morgan fingerprint density at radius 1 is 1.25 bits per heavy atom. The van der Waals surface area contributed by atoms with E-state index < -0.39 is 0 Å². The number of nitrogens with one attached hydrogen (secondary N) is 2. The number of anilines is 3. The minimum atomic E-state index is -0.330. The van der Waals surface area contributed by atoms with Crippen LogP contribution in [-0.4, -0.2) is 28.6 Å². The van der Waals surface area contributed by atoms with Crippen molar-refractivity contribution in [3.8, 4) is 6.01 Å². The van der Waals surface area contributed by atoms with Crippen LogP contribution in [0.1, 0.15) is 6.92 Å². The summed E-state index contributed by atoms with van der Waals surface area (Å²) < 4.78 is 18.9.